The van der Waals surface area contributed by atoms with Crippen molar-refractivity contribution in [3.8, 4) is 11.5 Å². The Morgan fingerprint density at radius 1 is 1.29 bits per heavy atom. The average molecular weight is 295 g/mol. The zero-order chi connectivity index (χ0) is 15.5. The molecule has 21 heavy (non-hydrogen) atoms. The van der Waals surface area contributed by atoms with Gasteiger partial charge in [0.05, 0.1) is 13.2 Å². The number of hydrogen-bond acceptors (Lipinski definition) is 5. The van der Waals surface area contributed by atoms with Gasteiger partial charge in [-0.3, -0.25) is 0 Å². The molecule has 1 aromatic carbocycles. The molecule has 118 valence electrons. The van der Waals surface area contributed by atoms with Crippen molar-refractivity contribution in [1.82, 2.24) is 5.32 Å². The van der Waals surface area contributed by atoms with Crippen molar-refractivity contribution in [2.75, 3.05) is 20.3 Å². The largest absolute Gasteiger partial charge is 0.497 e. The van der Waals surface area contributed by atoms with Gasteiger partial charge in [-0.15, -0.1) is 0 Å². The Balaban J connectivity index is 1.69. The van der Waals surface area contributed by atoms with E-state index in [2.05, 4.69) is 5.32 Å². The summed E-state index contributed by atoms with van der Waals surface area (Å²) < 4.78 is 10.6. The summed E-state index contributed by atoms with van der Waals surface area (Å²) in [6, 6.07) is 7.49. The van der Waals surface area contributed by atoms with Crippen LogP contribution in [0.2, 0.25) is 0 Å². The molecular weight excluding hydrogens is 270 g/mol. The lowest BCUT2D eigenvalue weighted by Crippen LogP contribution is -2.61. The van der Waals surface area contributed by atoms with E-state index in [-0.39, 0.29) is 24.2 Å². The highest BCUT2D eigenvalue weighted by Crippen LogP contribution is 2.40. The first kappa shape index (κ1) is 16.1. The van der Waals surface area contributed by atoms with Crippen molar-refractivity contribution < 1.29 is 19.7 Å². The Morgan fingerprint density at radius 2 is 1.90 bits per heavy atom. The summed E-state index contributed by atoms with van der Waals surface area (Å²) >= 11 is 0. The maximum Gasteiger partial charge on any atom is 0.119 e. The number of rotatable bonds is 7. The number of nitrogens with one attached hydrogen (secondary N) is 1. The maximum atomic E-state index is 9.94. The summed E-state index contributed by atoms with van der Waals surface area (Å²) in [6.45, 7) is 4.74. The molecule has 1 fully saturated rings. The fraction of sp³-hybridized carbons (Fsp3) is 0.625. The van der Waals surface area contributed by atoms with Gasteiger partial charge in [-0.05, 0) is 30.7 Å². The van der Waals surface area contributed by atoms with Crippen molar-refractivity contribution in [2.45, 2.75) is 38.5 Å². The van der Waals surface area contributed by atoms with Crippen LogP contribution in [0.4, 0.5) is 0 Å². The monoisotopic (exact) mass is 295 g/mol. The highest BCUT2D eigenvalue weighted by atomic mass is 16.5. The van der Waals surface area contributed by atoms with E-state index in [1.807, 2.05) is 38.1 Å². The van der Waals surface area contributed by atoms with Gasteiger partial charge < -0.3 is 25.0 Å². The van der Waals surface area contributed by atoms with E-state index >= 15 is 0 Å². The predicted molar refractivity (Wildman–Crippen MR) is 80.7 cm³/mol. The smallest absolute Gasteiger partial charge is 0.119 e. The second-order valence-electron chi connectivity index (χ2n) is 6.17. The molecule has 3 atom stereocenters. The van der Waals surface area contributed by atoms with Gasteiger partial charge in [0.2, 0.25) is 0 Å². The topological polar surface area (TPSA) is 71.0 Å². The molecular formula is C16H25NO4. The number of ether oxygens (including phenoxy) is 2. The Labute approximate surface area is 125 Å². The van der Waals surface area contributed by atoms with Crippen molar-refractivity contribution >= 4 is 0 Å². The number of aliphatic hydroxyl groups is 2. The SMILES string of the molecule is COc1ccc(OCC(O)CNC2CC(O)C2(C)C)cc1. The Bertz CT molecular complexity index is 446. The highest BCUT2D eigenvalue weighted by molar-refractivity contribution is 5.31. The third-order valence-corrected chi connectivity index (χ3v) is 4.32. The lowest BCUT2D eigenvalue weighted by atomic mass is 9.64. The van der Waals surface area contributed by atoms with Gasteiger partial charge in [0, 0.05) is 18.0 Å². The molecule has 0 amide bonds. The minimum atomic E-state index is -0.583. The summed E-state index contributed by atoms with van der Waals surface area (Å²) in [5.74, 6) is 1.48. The number of benzene rings is 1. The molecule has 0 aromatic heterocycles. The Kier molecular flexibility index (Phi) is 5.08. The molecule has 3 N–H and O–H groups in total. The lowest BCUT2D eigenvalue weighted by Gasteiger charge is -2.49. The molecule has 0 radical (unpaired) electrons. The van der Waals surface area contributed by atoms with Crippen LogP contribution in [0.5, 0.6) is 11.5 Å². The van der Waals surface area contributed by atoms with Crippen LogP contribution < -0.4 is 14.8 Å². The minimum absolute atomic E-state index is 0.128. The van der Waals surface area contributed by atoms with Gasteiger partial charge in [-0.25, -0.2) is 0 Å². The zero-order valence-electron chi connectivity index (χ0n) is 12.9. The predicted octanol–water partition coefficient (Wildman–Crippen LogP) is 1.18. The van der Waals surface area contributed by atoms with Gasteiger partial charge in [0.25, 0.3) is 0 Å². The van der Waals surface area contributed by atoms with Crippen LogP contribution in [0.3, 0.4) is 0 Å². The van der Waals surface area contributed by atoms with Crippen molar-refractivity contribution in [2.24, 2.45) is 5.41 Å². The highest BCUT2D eigenvalue weighted by Gasteiger charge is 2.46. The van der Waals surface area contributed by atoms with Gasteiger partial charge in [-0.1, -0.05) is 13.8 Å². The van der Waals surface area contributed by atoms with Gasteiger partial charge in [-0.2, -0.15) is 0 Å². The van der Waals surface area contributed by atoms with Crippen LogP contribution in [0.15, 0.2) is 24.3 Å². The molecule has 1 aromatic rings. The van der Waals surface area contributed by atoms with E-state index < -0.39 is 6.10 Å². The van der Waals surface area contributed by atoms with Crippen molar-refractivity contribution in [1.29, 1.82) is 0 Å². The molecule has 1 saturated carbocycles. The van der Waals surface area contributed by atoms with Crippen LogP contribution in [0, 0.1) is 5.41 Å². The fourth-order valence-corrected chi connectivity index (χ4v) is 2.45. The maximum absolute atomic E-state index is 9.94. The summed E-state index contributed by atoms with van der Waals surface area (Å²) in [4.78, 5) is 0. The molecule has 5 nitrogen and oxygen atoms in total. The summed E-state index contributed by atoms with van der Waals surface area (Å²) in [5, 5.41) is 22.9. The lowest BCUT2D eigenvalue weighted by molar-refractivity contribution is -0.0755. The van der Waals surface area contributed by atoms with E-state index in [4.69, 9.17) is 9.47 Å². The van der Waals surface area contributed by atoms with Crippen LogP contribution in [0.1, 0.15) is 20.3 Å². The van der Waals surface area contributed by atoms with Crippen molar-refractivity contribution in [3.05, 3.63) is 24.3 Å². The fourth-order valence-electron chi connectivity index (χ4n) is 2.45. The molecule has 1 aliphatic carbocycles. The van der Waals surface area contributed by atoms with Crippen LogP contribution in [-0.2, 0) is 0 Å². The van der Waals surface area contributed by atoms with E-state index in [0.29, 0.717) is 12.3 Å². The molecule has 0 heterocycles. The quantitative estimate of drug-likeness (QED) is 0.705. The number of hydrogen-bond donors (Lipinski definition) is 3. The van der Waals surface area contributed by atoms with Crippen LogP contribution in [0.25, 0.3) is 0 Å². The number of aliphatic hydroxyl groups excluding tert-OH is 2. The van der Waals surface area contributed by atoms with Crippen LogP contribution >= 0.6 is 0 Å². The second-order valence-corrected chi connectivity index (χ2v) is 6.17. The minimum Gasteiger partial charge on any atom is -0.497 e. The molecule has 0 aliphatic heterocycles. The summed E-state index contributed by atoms with van der Waals surface area (Å²) in [5.41, 5.74) is -0.128. The first-order chi connectivity index (χ1) is 9.93. The Morgan fingerprint density at radius 3 is 2.43 bits per heavy atom. The third-order valence-electron chi connectivity index (χ3n) is 4.32. The molecule has 5 heteroatoms. The van der Waals surface area contributed by atoms with Gasteiger partial charge >= 0.3 is 0 Å². The zero-order valence-corrected chi connectivity index (χ0v) is 12.9. The number of methoxy groups -OCH3 is 1. The molecule has 2 rings (SSSR count). The second kappa shape index (κ2) is 6.64. The van der Waals surface area contributed by atoms with E-state index in [0.717, 1.165) is 12.2 Å². The van der Waals surface area contributed by atoms with E-state index in [1.54, 1.807) is 7.11 Å². The van der Waals surface area contributed by atoms with Gasteiger partial charge in [0.1, 0.15) is 24.2 Å². The Hall–Kier alpha value is -1.30. The average Bonchev–Trinajstić information content (AvgIpc) is 2.49. The van der Waals surface area contributed by atoms with E-state index in [9.17, 15) is 10.2 Å². The summed E-state index contributed by atoms with van der Waals surface area (Å²) in [7, 11) is 1.62. The third kappa shape index (κ3) is 3.87. The van der Waals surface area contributed by atoms with E-state index in [1.165, 1.54) is 0 Å². The van der Waals surface area contributed by atoms with Crippen molar-refractivity contribution in [3.63, 3.8) is 0 Å². The molecule has 0 bridgehead atoms. The first-order valence-corrected chi connectivity index (χ1v) is 7.30. The van der Waals surface area contributed by atoms with Gasteiger partial charge in [0.15, 0.2) is 0 Å². The normalized spacial score (nSPS) is 25.0. The standard InChI is InChI=1S/C16H25NO4/c1-16(2)14(8-15(16)19)17-9-11(18)10-21-13-6-4-12(20-3)5-7-13/h4-7,11,14-15,17-19H,8-10H2,1-3H3. The molecule has 0 spiro atoms. The molecule has 0 saturated heterocycles. The molecule has 3 unspecified atom stereocenters. The van der Waals surface area contributed by atoms with Crippen LogP contribution in [-0.4, -0.2) is 48.7 Å². The summed E-state index contributed by atoms with van der Waals surface area (Å²) in [6.07, 6.45) is -0.109. The first-order valence-electron chi connectivity index (χ1n) is 7.30. The molecule has 1 aliphatic rings.